The maximum atomic E-state index is 12.9. The number of nitrogens with zero attached hydrogens (tertiary/aromatic N) is 4. The molecular formula is C29H19ClN6O4. The average molecular weight is 551 g/mol. The molecule has 0 bridgehead atoms. The first-order valence-electron chi connectivity index (χ1n) is 12.0. The van der Waals surface area contributed by atoms with Crippen molar-refractivity contribution in [2.24, 2.45) is 0 Å². The van der Waals surface area contributed by atoms with Gasteiger partial charge in [0.25, 0.3) is 5.56 Å². The van der Waals surface area contributed by atoms with Crippen molar-refractivity contribution in [3.05, 3.63) is 101 Å². The minimum absolute atomic E-state index is 0.0626. The Morgan fingerprint density at radius 1 is 0.925 bits per heavy atom. The molecule has 0 spiro atoms. The molecular weight excluding hydrogens is 532 g/mol. The SMILES string of the molecule is COc1ccc(OC(=O)Nc2cc3nc(-c4cc(Cl)c5ncccc5c4)c(-c4ccccc4)nc3[nH]c2=O)cn1. The van der Waals surface area contributed by atoms with Gasteiger partial charge in [-0.15, -0.1) is 0 Å². The molecule has 40 heavy (non-hydrogen) atoms. The molecule has 196 valence electrons. The molecule has 0 radical (unpaired) electrons. The summed E-state index contributed by atoms with van der Waals surface area (Å²) < 4.78 is 10.2. The summed E-state index contributed by atoms with van der Waals surface area (Å²) in [7, 11) is 1.48. The van der Waals surface area contributed by atoms with Crippen LogP contribution in [0.2, 0.25) is 5.02 Å². The molecule has 6 aromatic rings. The third-order valence-corrected chi connectivity index (χ3v) is 6.31. The third kappa shape index (κ3) is 4.91. The molecule has 10 nitrogen and oxygen atoms in total. The summed E-state index contributed by atoms with van der Waals surface area (Å²) in [5.41, 5.74) is 3.23. The summed E-state index contributed by atoms with van der Waals surface area (Å²) in [5.74, 6) is 0.541. The first kappa shape index (κ1) is 25.0. The van der Waals surface area contributed by atoms with Crippen LogP contribution in [0.5, 0.6) is 11.6 Å². The number of carbonyl (C=O) groups is 1. The number of aromatic amines is 1. The van der Waals surface area contributed by atoms with Gasteiger partial charge >= 0.3 is 6.09 Å². The number of pyridine rings is 3. The van der Waals surface area contributed by atoms with Gasteiger partial charge in [-0.2, -0.15) is 0 Å². The number of fused-ring (bicyclic) bond motifs is 2. The number of benzene rings is 2. The van der Waals surface area contributed by atoms with E-state index in [0.717, 1.165) is 10.9 Å². The van der Waals surface area contributed by atoms with E-state index < -0.39 is 11.7 Å². The van der Waals surface area contributed by atoms with Crippen molar-refractivity contribution in [2.75, 3.05) is 12.4 Å². The van der Waals surface area contributed by atoms with Crippen LogP contribution in [0.1, 0.15) is 0 Å². The van der Waals surface area contributed by atoms with Gasteiger partial charge in [0.2, 0.25) is 5.88 Å². The summed E-state index contributed by atoms with van der Waals surface area (Å²) in [6.07, 6.45) is 2.13. The van der Waals surface area contributed by atoms with Crippen molar-refractivity contribution < 1.29 is 14.3 Å². The Hall–Kier alpha value is -5.35. The highest BCUT2D eigenvalue weighted by atomic mass is 35.5. The summed E-state index contributed by atoms with van der Waals surface area (Å²) in [5, 5.41) is 3.76. The fourth-order valence-corrected chi connectivity index (χ4v) is 4.46. The van der Waals surface area contributed by atoms with Crippen LogP contribution in [0.3, 0.4) is 0 Å². The molecule has 6 rings (SSSR count). The molecule has 0 atom stereocenters. The van der Waals surface area contributed by atoms with Crippen LogP contribution in [-0.2, 0) is 0 Å². The number of nitrogens with one attached hydrogen (secondary N) is 2. The molecule has 0 aliphatic carbocycles. The van der Waals surface area contributed by atoms with E-state index in [0.29, 0.717) is 38.9 Å². The highest BCUT2D eigenvalue weighted by Crippen LogP contribution is 2.34. The second kappa shape index (κ2) is 10.4. The van der Waals surface area contributed by atoms with Crippen molar-refractivity contribution in [3.63, 3.8) is 0 Å². The molecule has 0 aliphatic heterocycles. The lowest BCUT2D eigenvalue weighted by Crippen LogP contribution is -2.23. The molecule has 4 aromatic heterocycles. The van der Waals surface area contributed by atoms with Gasteiger partial charge < -0.3 is 14.5 Å². The van der Waals surface area contributed by atoms with Crippen molar-refractivity contribution in [1.82, 2.24) is 24.9 Å². The number of carbonyl (C=O) groups excluding carboxylic acids is 1. The van der Waals surface area contributed by atoms with E-state index in [-0.39, 0.29) is 17.1 Å². The summed E-state index contributed by atoms with van der Waals surface area (Å²) >= 11 is 6.58. The van der Waals surface area contributed by atoms with Gasteiger partial charge in [-0.3, -0.25) is 15.1 Å². The van der Waals surface area contributed by atoms with Crippen LogP contribution in [0, 0.1) is 0 Å². The largest absolute Gasteiger partial charge is 0.481 e. The van der Waals surface area contributed by atoms with E-state index in [4.69, 9.17) is 31.0 Å². The summed E-state index contributed by atoms with van der Waals surface area (Å²) in [6.45, 7) is 0. The number of hydrogen-bond acceptors (Lipinski definition) is 8. The quantitative estimate of drug-likeness (QED) is 0.272. The number of aromatic nitrogens is 5. The average Bonchev–Trinajstić information content (AvgIpc) is 2.98. The van der Waals surface area contributed by atoms with Gasteiger partial charge in [-0.05, 0) is 30.3 Å². The molecule has 2 aromatic carbocycles. The lowest BCUT2D eigenvalue weighted by atomic mass is 10.0. The second-order valence-electron chi connectivity index (χ2n) is 8.62. The lowest BCUT2D eigenvalue weighted by molar-refractivity contribution is 0.215. The smallest absolute Gasteiger partial charge is 0.417 e. The van der Waals surface area contributed by atoms with Crippen molar-refractivity contribution in [1.29, 1.82) is 0 Å². The molecule has 11 heteroatoms. The maximum Gasteiger partial charge on any atom is 0.417 e. The number of rotatable bonds is 5. The van der Waals surface area contributed by atoms with Crippen molar-refractivity contribution in [2.45, 2.75) is 0 Å². The van der Waals surface area contributed by atoms with E-state index in [1.165, 1.54) is 25.4 Å². The van der Waals surface area contributed by atoms with Gasteiger partial charge in [0.05, 0.1) is 35.2 Å². The molecule has 0 saturated carbocycles. The van der Waals surface area contributed by atoms with E-state index in [9.17, 15) is 9.59 Å². The fraction of sp³-hybridized carbons (Fsp3) is 0.0345. The summed E-state index contributed by atoms with van der Waals surface area (Å²) in [4.78, 5) is 46.0. The topological polar surface area (TPSA) is 132 Å². The second-order valence-corrected chi connectivity index (χ2v) is 9.02. The number of hydrogen-bond donors (Lipinski definition) is 2. The van der Waals surface area contributed by atoms with Crippen LogP contribution < -0.4 is 20.3 Å². The number of amides is 1. The van der Waals surface area contributed by atoms with Crippen LogP contribution in [0.4, 0.5) is 10.5 Å². The first-order valence-corrected chi connectivity index (χ1v) is 12.4. The van der Waals surface area contributed by atoms with Crippen LogP contribution in [0.25, 0.3) is 44.6 Å². The molecule has 1 amide bonds. The summed E-state index contributed by atoms with van der Waals surface area (Å²) in [6, 6.07) is 21.5. The molecule has 0 saturated heterocycles. The van der Waals surface area contributed by atoms with Gasteiger partial charge in [-0.1, -0.05) is 48.0 Å². The third-order valence-electron chi connectivity index (χ3n) is 6.03. The zero-order chi connectivity index (χ0) is 27.6. The Morgan fingerprint density at radius 2 is 1.75 bits per heavy atom. The maximum absolute atomic E-state index is 12.9. The van der Waals surface area contributed by atoms with Gasteiger partial charge in [0.15, 0.2) is 11.4 Å². The number of methoxy groups -OCH3 is 1. The number of halogens is 1. The number of ether oxygens (including phenoxy) is 2. The van der Waals surface area contributed by atoms with Gasteiger partial charge in [0, 0.05) is 28.8 Å². The van der Waals surface area contributed by atoms with E-state index in [1.54, 1.807) is 18.3 Å². The predicted octanol–water partition coefficient (Wildman–Crippen LogP) is 5.87. The van der Waals surface area contributed by atoms with E-state index >= 15 is 0 Å². The normalized spacial score (nSPS) is 10.9. The first-order chi connectivity index (χ1) is 19.5. The van der Waals surface area contributed by atoms with E-state index in [1.807, 2.05) is 48.5 Å². The Balaban J connectivity index is 1.43. The number of anilines is 1. The molecule has 0 fully saturated rings. The molecule has 0 unspecified atom stereocenters. The van der Waals surface area contributed by atoms with Crippen molar-refractivity contribution >= 4 is 45.4 Å². The zero-order valence-corrected chi connectivity index (χ0v) is 21.6. The van der Waals surface area contributed by atoms with Gasteiger partial charge in [0.1, 0.15) is 11.2 Å². The Bertz CT molecular complexity index is 1950. The predicted molar refractivity (Wildman–Crippen MR) is 152 cm³/mol. The standard InChI is InChI=1S/C29H19ClN6O4/c1-39-23-10-9-19(15-32-23)40-29(38)34-22-14-21-27(36-28(22)37)35-25(16-6-3-2-4-7-16)26(33-21)18-12-17-8-5-11-31-24(17)20(30)13-18/h2-15H,1H3,(H,34,38)(H,35,36,37). The van der Waals surface area contributed by atoms with Crippen LogP contribution in [0.15, 0.2) is 90.0 Å². The van der Waals surface area contributed by atoms with Gasteiger partial charge in [-0.25, -0.2) is 19.7 Å². The molecule has 4 heterocycles. The van der Waals surface area contributed by atoms with E-state index in [2.05, 4.69) is 20.3 Å². The number of H-pyrrole nitrogens is 1. The van der Waals surface area contributed by atoms with Crippen molar-refractivity contribution in [3.8, 4) is 34.1 Å². The van der Waals surface area contributed by atoms with Crippen LogP contribution in [-0.4, -0.2) is 38.1 Å². The minimum atomic E-state index is -0.875. The Morgan fingerprint density at radius 3 is 2.52 bits per heavy atom. The highest BCUT2D eigenvalue weighted by molar-refractivity contribution is 6.35. The Labute approximate surface area is 231 Å². The fourth-order valence-electron chi connectivity index (χ4n) is 4.18. The minimum Gasteiger partial charge on any atom is -0.481 e. The molecule has 2 N–H and O–H groups in total. The van der Waals surface area contributed by atoms with Crippen LogP contribution >= 0.6 is 11.6 Å². The Kier molecular flexibility index (Phi) is 6.51. The highest BCUT2D eigenvalue weighted by Gasteiger charge is 2.18. The molecule has 0 aliphatic rings. The lowest BCUT2D eigenvalue weighted by Gasteiger charge is -2.12. The zero-order valence-electron chi connectivity index (χ0n) is 20.9. The monoisotopic (exact) mass is 550 g/mol.